The lowest BCUT2D eigenvalue weighted by molar-refractivity contribution is 0.385. The van der Waals surface area contributed by atoms with E-state index in [-0.39, 0.29) is 0 Å². The van der Waals surface area contributed by atoms with Crippen molar-refractivity contribution < 1.29 is 5.11 Å². The van der Waals surface area contributed by atoms with Gasteiger partial charge in [-0.3, -0.25) is 0 Å². The predicted octanol–water partition coefficient (Wildman–Crippen LogP) is 2.31. The van der Waals surface area contributed by atoms with Crippen molar-refractivity contribution in [2.24, 2.45) is 5.11 Å². The number of nitrogens with zero attached hydrogens (tertiary/aromatic N) is 4. The van der Waals surface area contributed by atoms with E-state index in [1.165, 1.54) is 0 Å². The van der Waals surface area contributed by atoms with Gasteiger partial charge in [0, 0.05) is 23.6 Å². The number of rotatable bonds is 5. The van der Waals surface area contributed by atoms with E-state index in [1.807, 2.05) is 31.1 Å². The minimum atomic E-state index is 0.307. The minimum Gasteiger partial charge on any atom is -0.508 e. The van der Waals surface area contributed by atoms with Crippen LogP contribution in [0.15, 0.2) is 23.3 Å². The Morgan fingerprint density at radius 3 is 2.81 bits per heavy atom. The monoisotopic (exact) mass is 220 g/mol. The zero-order chi connectivity index (χ0) is 12.0. The first-order valence-corrected chi connectivity index (χ1v) is 5.10. The van der Waals surface area contributed by atoms with E-state index in [9.17, 15) is 5.11 Å². The molecular weight excluding hydrogens is 204 g/mol. The summed E-state index contributed by atoms with van der Waals surface area (Å²) in [6.45, 7) is 1.14. The van der Waals surface area contributed by atoms with Crippen molar-refractivity contribution in [3.8, 4) is 5.75 Å². The van der Waals surface area contributed by atoms with Crippen LogP contribution in [-0.2, 0) is 13.0 Å². The number of aromatic hydroxyl groups is 1. The molecule has 0 aliphatic rings. The average molecular weight is 220 g/mol. The highest BCUT2D eigenvalue weighted by Gasteiger charge is 2.03. The number of phenols is 1. The smallest absolute Gasteiger partial charge is 0.120 e. The molecule has 0 fully saturated rings. The third kappa shape index (κ3) is 3.81. The van der Waals surface area contributed by atoms with Crippen molar-refractivity contribution in [1.29, 1.82) is 0 Å². The fraction of sp³-hybridized carbons (Fsp3) is 0.455. The second-order valence-electron chi connectivity index (χ2n) is 3.91. The first-order chi connectivity index (χ1) is 7.63. The van der Waals surface area contributed by atoms with Gasteiger partial charge in [0.2, 0.25) is 0 Å². The van der Waals surface area contributed by atoms with E-state index in [0.717, 1.165) is 11.1 Å². The summed E-state index contributed by atoms with van der Waals surface area (Å²) in [6.07, 6.45) is 0.699. The average Bonchev–Trinajstić information content (AvgIpc) is 2.22. The summed E-state index contributed by atoms with van der Waals surface area (Å²) in [5, 5.41) is 13.1. The van der Waals surface area contributed by atoms with Crippen LogP contribution in [0.4, 0.5) is 0 Å². The van der Waals surface area contributed by atoms with Gasteiger partial charge in [0.05, 0.1) is 0 Å². The minimum absolute atomic E-state index is 0.307. The van der Waals surface area contributed by atoms with Crippen molar-refractivity contribution in [3.05, 3.63) is 39.8 Å². The maximum absolute atomic E-state index is 9.65. The molecule has 1 N–H and O–H groups in total. The van der Waals surface area contributed by atoms with Crippen LogP contribution in [-0.4, -0.2) is 30.6 Å². The van der Waals surface area contributed by atoms with Gasteiger partial charge in [-0.25, -0.2) is 0 Å². The number of hydrogen-bond acceptors (Lipinski definition) is 3. The predicted molar refractivity (Wildman–Crippen MR) is 63.2 cm³/mol. The fourth-order valence-corrected chi connectivity index (χ4v) is 1.49. The molecule has 0 saturated carbocycles. The van der Waals surface area contributed by atoms with E-state index >= 15 is 0 Å². The summed E-state index contributed by atoms with van der Waals surface area (Å²) in [4.78, 5) is 4.70. The molecule has 0 aromatic heterocycles. The zero-order valence-electron chi connectivity index (χ0n) is 9.59. The van der Waals surface area contributed by atoms with Gasteiger partial charge in [0.15, 0.2) is 0 Å². The first kappa shape index (κ1) is 12.4. The molecule has 0 unspecified atom stereocenters. The standard InChI is InChI=1S/C11H16N4O/c1-15(2)8-10-7-9(3-4-11(10)16)5-6-13-14-12/h3-4,7,16H,5-6,8H2,1-2H3. The van der Waals surface area contributed by atoms with Gasteiger partial charge in [-0.1, -0.05) is 17.2 Å². The van der Waals surface area contributed by atoms with Crippen LogP contribution in [0.5, 0.6) is 5.75 Å². The first-order valence-electron chi connectivity index (χ1n) is 5.10. The molecule has 1 aromatic carbocycles. The second-order valence-corrected chi connectivity index (χ2v) is 3.91. The molecule has 0 amide bonds. The van der Waals surface area contributed by atoms with Crippen molar-refractivity contribution in [3.63, 3.8) is 0 Å². The van der Waals surface area contributed by atoms with Gasteiger partial charge in [0.1, 0.15) is 5.75 Å². The van der Waals surface area contributed by atoms with Crippen LogP contribution in [0.2, 0.25) is 0 Å². The highest BCUT2D eigenvalue weighted by molar-refractivity contribution is 5.36. The van der Waals surface area contributed by atoms with Gasteiger partial charge < -0.3 is 10.0 Å². The Hall–Kier alpha value is -1.71. The SMILES string of the molecule is CN(C)Cc1cc(CCN=[N+]=[N-])ccc1O. The lowest BCUT2D eigenvalue weighted by atomic mass is 10.1. The van der Waals surface area contributed by atoms with Crippen LogP contribution in [0.3, 0.4) is 0 Å². The van der Waals surface area contributed by atoms with Crippen molar-refractivity contribution in [1.82, 2.24) is 4.90 Å². The molecule has 5 heteroatoms. The van der Waals surface area contributed by atoms with Crippen molar-refractivity contribution in [2.45, 2.75) is 13.0 Å². The fourth-order valence-electron chi connectivity index (χ4n) is 1.49. The summed E-state index contributed by atoms with van der Waals surface area (Å²) in [6, 6.07) is 5.48. The topological polar surface area (TPSA) is 72.2 Å². The van der Waals surface area contributed by atoms with Gasteiger partial charge in [-0.2, -0.15) is 0 Å². The molecule has 0 saturated heterocycles. The molecule has 0 aliphatic heterocycles. The molecule has 1 rings (SSSR count). The maximum atomic E-state index is 9.65. The third-order valence-corrected chi connectivity index (χ3v) is 2.19. The Morgan fingerprint density at radius 1 is 1.44 bits per heavy atom. The summed E-state index contributed by atoms with van der Waals surface area (Å²) in [5.41, 5.74) is 10.1. The molecule has 5 nitrogen and oxygen atoms in total. The van der Waals surface area contributed by atoms with E-state index in [0.29, 0.717) is 25.3 Å². The Kier molecular flexibility index (Phi) is 4.64. The van der Waals surface area contributed by atoms with E-state index in [2.05, 4.69) is 10.0 Å². The van der Waals surface area contributed by atoms with Gasteiger partial charge >= 0.3 is 0 Å². The lowest BCUT2D eigenvalue weighted by Gasteiger charge is -2.12. The van der Waals surface area contributed by atoms with Crippen LogP contribution in [0.25, 0.3) is 10.4 Å². The molecule has 86 valence electrons. The van der Waals surface area contributed by atoms with Gasteiger partial charge in [-0.05, 0) is 37.7 Å². The molecule has 1 aromatic rings. The molecule has 0 heterocycles. The van der Waals surface area contributed by atoms with Crippen LogP contribution < -0.4 is 0 Å². The number of azide groups is 1. The highest BCUT2D eigenvalue weighted by atomic mass is 16.3. The summed E-state index contributed by atoms with van der Waals surface area (Å²) >= 11 is 0. The summed E-state index contributed by atoms with van der Waals surface area (Å²) in [7, 11) is 3.90. The van der Waals surface area contributed by atoms with Crippen molar-refractivity contribution in [2.75, 3.05) is 20.6 Å². The molecule has 16 heavy (non-hydrogen) atoms. The molecule has 0 spiro atoms. The molecular formula is C11H16N4O. The summed E-state index contributed by atoms with van der Waals surface area (Å²) < 4.78 is 0. The van der Waals surface area contributed by atoms with Gasteiger partial charge in [0.25, 0.3) is 0 Å². The van der Waals surface area contributed by atoms with E-state index < -0.39 is 0 Å². The third-order valence-electron chi connectivity index (χ3n) is 2.19. The number of phenolic OH excluding ortho intramolecular Hbond substituents is 1. The van der Waals surface area contributed by atoms with Gasteiger partial charge in [-0.15, -0.1) is 0 Å². The van der Waals surface area contributed by atoms with E-state index in [4.69, 9.17) is 5.53 Å². The quantitative estimate of drug-likeness (QED) is 0.470. The van der Waals surface area contributed by atoms with Crippen molar-refractivity contribution >= 4 is 0 Å². The normalized spacial score (nSPS) is 10.2. The lowest BCUT2D eigenvalue weighted by Crippen LogP contribution is -2.11. The Bertz CT molecular complexity index is 397. The second kappa shape index (κ2) is 6.00. The number of hydrogen-bond donors (Lipinski definition) is 1. The Labute approximate surface area is 94.9 Å². The molecule has 0 radical (unpaired) electrons. The largest absolute Gasteiger partial charge is 0.508 e. The maximum Gasteiger partial charge on any atom is 0.120 e. The van der Waals surface area contributed by atoms with Crippen LogP contribution in [0.1, 0.15) is 11.1 Å². The highest BCUT2D eigenvalue weighted by Crippen LogP contribution is 2.19. The Balaban J connectivity index is 2.76. The van der Waals surface area contributed by atoms with Crippen LogP contribution in [0, 0.1) is 0 Å². The molecule has 0 aliphatic carbocycles. The van der Waals surface area contributed by atoms with E-state index in [1.54, 1.807) is 6.07 Å². The molecule has 0 bridgehead atoms. The summed E-state index contributed by atoms with van der Waals surface area (Å²) in [5.74, 6) is 0.307. The zero-order valence-corrected chi connectivity index (χ0v) is 9.59. The number of benzene rings is 1. The molecule has 0 atom stereocenters. The van der Waals surface area contributed by atoms with Crippen LogP contribution >= 0.6 is 0 Å². The Morgan fingerprint density at radius 2 is 2.19 bits per heavy atom.